The number of nitrogens with two attached hydrogens (primary N) is 1. The Bertz CT molecular complexity index is 350. The zero-order valence-electron chi connectivity index (χ0n) is 9.37. The van der Waals surface area contributed by atoms with Gasteiger partial charge in [0.05, 0.1) is 23.0 Å². The smallest absolute Gasteiger partial charge is 0.0765 e. The predicted octanol–water partition coefficient (Wildman–Crippen LogP) is 2.76. The maximum absolute atomic E-state index is 6.12. The van der Waals surface area contributed by atoms with Crippen molar-refractivity contribution in [2.45, 2.75) is 19.4 Å². The molecule has 1 aromatic carbocycles. The summed E-state index contributed by atoms with van der Waals surface area (Å²) >= 11 is 6.12. The molecule has 1 saturated heterocycles. The van der Waals surface area contributed by atoms with Crippen molar-refractivity contribution in [1.82, 2.24) is 0 Å². The molecule has 4 heteroatoms. The number of nitrogen functional groups attached to an aromatic ring is 1. The zero-order chi connectivity index (χ0) is 11.5. The van der Waals surface area contributed by atoms with E-state index in [0.29, 0.717) is 22.7 Å². The quantitative estimate of drug-likeness (QED) is 0.782. The van der Waals surface area contributed by atoms with E-state index in [1.165, 1.54) is 0 Å². The monoisotopic (exact) mass is 240 g/mol. The molecule has 2 rings (SSSR count). The van der Waals surface area contributed by atoms with E-state index in [4.69, 9.17) is 22.1 Å². The number of hydrogen-bond acceptors (Lipinski definition) is 3. The molecule has 1 heterocycles. The number of hydrogen-bond donors (Lipinski definition) is 2. The summed E-state index contributed by atoms with van der Waals surface area (Å²) < 4.78 is 5.41. The SMILES string of the molecule is C[C@H]1COCC[C@@H]1Nc1c(N)cccc1Cl. The normalized spacial score (nSPS) is 25.4. The van der Waals surface area contributed by atoms with Crippen LogP contribution in [0, 0.1) is 5.92 Å². The summed E-state index contributed by atoms with van der Waals surface area (Å²) in [5.41, 5.74) is 7.46. The van der Waals surface area contributed by atoms with Crippen LogP contribution in [-0.4, -0.2) is 19.3 Å². The van der Waals surface area contributed by atoms with Crippen LogP contribution in [-0.2, 0) is 4.74 Å². The van der Waals surface area contributed by atoms with Crippen LogP contribution in [0.25, 0.3) is 0 Å². The van der Waals surface area contributed by atoms with E-state index in [0.717, 1.165) is 25.3 Å². The molecule has 0 bridgehead atoms. The van der Waals surface area contributed by atoms with Crippen molar-refractivity contribution in [3.8, 4) is 0 Å². The van der Waals surface area contributed by atoms with Crippen LogP contribution in [0.3, 0.4) is 0 Å². The molecule has 0 amide bonds. The topological polar surface area (TPSA) is 47.3 Å². The van der Waals surface area contributed by atoms with Gasteiger partial charge in [0.25, 0.3) is 0 Å². The molecule has 16 heavy (non-hydrogen) atoms. The lowest BCUT2D eigenvalue weighted by Crippen LogP contribution is -2.36. The predicted molar refractivity (Wildman–Crippen MR) is 67.9 cm³/mol. The van der Waals surface area contributed by atoms with Gasteiger partial charge in [-0.2, -0.15) is 0 Å². The molecule has 0 aromatic heterocycles. The molecule has 0 saturated carbocycles. The van der Waals surface area contributed by atoms with Gasteiger partial charge < -0.3 is 15.8 Å². The minimum Gasteiger partial charge on any atom is -0.397 e. The van der Waals surface area contributed by atoms with E-state index in [2.05, 4.69) is 12.2 Å². The summed E-state index contributed by atoms with van der Waals surface area (Å²) in [4.78, 5) is 0. The molecule has 1 aliphatic rings. The van der Waals surface area contributed by atoms with Crippen molar-refractivity contribution >= 4 is 23.0 Å². The van der Waals surface area contributed by atoms with E-state index in [-0.39, 0.29) is 0 Å². The summed E-state index contributed by atoms with van der Waals surface area (Å²) in [5.74, 6) is 0.476. The van der Waals surface area contributed by atoms with Crippen LogP contribution in [0.4, 0.5) is 11.4 Å². The van der Waals surface area contributed by atoms with Gasteiger partial charge in [0.1, 0.15) is 0 Å². The Morgan fingerprint density at radius 3 is 3.00 bits per heavy atom. The minimum absolute atomic E-state index is 0.385. The number of ether oxygens (including phenoxy) is 1. The number of para-hydroxylation sites is 1. The molecule has 3 N–H and O–H groups in total. The summed E-state index contributed by atoms with van der Waals surface area (Å²) in [5, 5.41) is 4.11. The summed E-state index contributed by atoms with van der Waals surface area (Å²) in [6.07, 6.45) is 0.992. The lowest BCUT2D eigenvalue weighted by atomic mass is 9.97. The number of anilines is 2. The van der Waals surface area contributed by atoms with Crippen molar-refractivity contribution < 1.29 is 4.74 Å². The highest BCUT2D eigenvalue weighted by molar-refractivity contribution is 6.33. The van der Waals surface area contributed by atoms with Crippen LogP contribution in [0.2, 0.25) is 5.02 Å². The number of halogens is 1. The van der Waals surface area contributed by atoms with Crippen LogP contribution >= 0.6 is 11.6 Å². The lowest BCUT2D eigenvalue weighted by molar-refractivity contribution is 0.0538. The number of nitrogens with one attached hydrogen (secondary N) is 1. The van der Waals surface area contributed by atoms with Gasteiger partial charge >= 0.3 is 0 Å². The first kappa shape index (κ1) is 11.6. The van der Waals surface area contributed by atoms with Gasteiger partial charge in [-0.05, 0) is 24.5 Å². The highest BCUT2D eigenvalue weighted by Crippen LogP contribution is 2.30. The molecule has 1 fully saturated rings. The second kappa shape index (κ2) is 4.93. The highest BCUT2D eigenvalue weighted by atomic mass is 35.5. The maximum atomic E-state index is 6.12. The average molecular weight is 241 g/mol. The molecule has 0 unspecified atom stereocenters. The Kier molecular flexibility index (Phi) is 3.56. The Balaban J connectivity index is 2.13. The summed E-state index contributed by atoms with van der Waals surface area (Å²) in [6, 6.07) is 5.95. The van der Waals surface area contributed by atoms with Gasteiger partial charge in [-0.3, -0.25) is 0 Å². The van der Waals surface area contributed by atoms with E-state index in [9.17, 15) is 0 Å². The first-order valence-electron chi connectivity index (χ1n) is 5.56. The summed E-state index contributed by atoms with van der Waals surface area (Å²) in [6.45, 7) is 3.76. The Morgan fingerprint density at radius 2 is 2.31 bits per heavy atom. The first-order valence-corrected chi connectivity index (χ1v) is 5.94. The third kappa shape index (κ3) is 2.42. The minimum atomic E-state index is 0.385. The maximum Gasteiger partial charge on any atom is 0.0765 e. The second-order valence-corrected chi connectivity index (χ2v) is 4.70. The summed E-state index contributed by atoms with van der Waals surface area (Å²) in [7, 11) is 0. The molecule has 1 aliphatic heterocycles. The van der Waals surface area contributed by atoms with Gasteiger partial charge in [0.15, 0.2) is 0 Å². The van der Waals surface area contributed by atoms with Gasteiger partial charge in [-0.1, -0.05) is 24.6 Å². The molecular formula is C12H17ClN2O. The molecule has 0 aliphatic carbocycles. The fourth-order valence-electron chi connectivity index (χ4n) is 1.97. The zero-order valence-corrected chi connectivity index (χ0v) is 10.1. The highest BCUT2D eigenvalue weighted by Gasteiger charge is 2.22. The van der Waals surface area contributed by atoms with Crippen LogP contribution < -0.4 is 11.1 Å². The third-order valence-electron chi connectivity index (χ3n) is 3.02. The number of benzene rings is 1. The molecular weight excluding hydrogens is 224 g/mol. The lowest BCUT2D eigenvalue weighted by Gasteiger charge is -2.31. The largest absolute Gasteiger partial charge is 0.397 e. The molecule has 88 valence electrons. The van der Waals surface area contributed by atoms with E-state index in [1.54, 1.807) is 0 Å². The third-order valence-corrected chi connectivity index (χ3v) is 3.33. The molecule has 1 aromatic rings. The average Bonchev–Trinajstić information content (AvgIpc) is 2.26. The Morgan fingerprint density at radius 1 is 1.50 bits per heavy atom. The van der Waals surface area contributed by atoms with Crippen molar-refractivity contribution in [3.63, 3.8) is 0 Å². The van der Waals surface area contributed by atoms with Crippen molar-refractivity contribution in [1.29, 1.82) is 0 Å². The Labute approximate surface area is 101 Å². The van der Waals surface area contributed by atoms with E-state index in [1.807, 2.05) is 18.2 Å². The van der Waals surface area contributed by atoms with Crippen molar-refractivity contribution in [2.24, 2.45) is 5.92 Å². The number of rotatable bonds is 2. The first-order chi connectivity index (χ1) is 7.68. The molecule has 0 radical (unpaired) electrons. The second-order valence-electron chi connectivity index (χ2n) is 4.30. The van der Waals surface area contributed by atoms with Crippen LogP contribution in [0.15, 0.2) is 18.2 Å². The van der Waals surface area contributed by atoms with E-state index >= 15 is 0 Å². The van der Waals surface area contributed by atoms with Crippen LogP contribution in [0.5, 0.6) is 0 Å². The Hall–Kier alpha value is -0.930. The van der Waals surface area contributed by atoms with Gasteiger partial charge in [-0.25, -0.2) is 0 Å². The fourth-order valence-corrected chi connectivity index (χ4v) is 2.21. The van der Waals surface area contributed by atoms with Gasteiger partial charge in [-0.15, -0.1) is 0 Å². The standard InChI is InChI=1S/C12H17ClN2O/c1-8-7-16-6-5-11(8)15-12-9(13)3-2-4-10(12)14/h2-4,8,11,15H,5-7,14H2,1H3/t8-,11-/m0/s1. The molecule has 0 spiro atoms. The van der Waals surface area contributed by atoms with Crippen molar-refractivity contribution in [3.05, 3.63) is 23.2 Å². The van der Waals surface area contributed by atoms with Crippen molar-refractivity contribution in [2.75, 3.05) is 24.3 Å². The molecule has 3 nitrogen and oxygen atoms in total. The van der Waals surface area contributed by atoms with Gasteiger partial charge in [0, 0.05) is 12.6 Å². The fraction of sp³-hybridized carbons (Fsp3) is 0.500. The molecule has 2 atom stereocenters. The van der Waals surface area contributed by atoms with E-state index < -0.39 is 0 Å². The van der Waals surface area contributed by atoms with Gasteiger partial charge in [0.2, 0.25) is 0 Å². The van der Waals surface area contributed by atoms with Crippen LogP contribution in [0.1, 0.15) is 13.3 Å².